The van der Waals surface area contributed by atoms with Gasteiger partial charge in [-0.25, -0.2) is 4.98 Å². The van der Waals surface area contributed by atoms with Gasteiger partial charge in [0.05, 0.1) is 23.9 Å². The number of piperidine rings is 1. The van der Waals surface area contributed by atoms with Crippen LogP contribution in [0.1, 0.15) is 41.1 Å². The van der Waals surface area contributed by atoms with E-state index in [2.05, 4.69) is 25.3 Å². The van der Waals surface area contributed by atoms with Crippen molar-refractivity contribution in [2.45, 2.75) is 45.6 Å². The van der Waals surface area contributed by atoms with E-state index in [1.165, 1.54) is 12.1 Å². The molecule has 0 radical (unpaired) electrons. The molecule has 2 heterocycles. The molecule has 0 unspecified atom stereocenters. The van der Waals surface area contributed by atoms with Gasteiger partial charge in [0.2, 0.25) is 0 Å². The molecule has 0 N–H and O–H groups in total. The number of alkyl halides is 3. The highest BCUT2D eigenvalue weighted by Gasteiger charge is 2.36. The third kappa shape index (κ3) is 7.73. The van der Waals surface area contributed by atoms with Crippen LogP contribution in [-0.4, -0.2) is 47.6 Å². The first kappa shape index (κ1) is 29.5. The van der Waals surface area contributed by atoms with E-state index in [1.807, 2.05) is 43.5 Å². The topological polar surface area (TPSA) is 63.3 Å². The molecule has 0 amide bonds. The van der Waals surface area contributed by atoms with Crippen LogP contribution in [-0.2, 0) is 24.2 Å². The van der Waals surface area contributed by atoms with Crippen LogP contribution in [0.25, 0.3) is 0 Å². The zero-order chi connectivity index (χ0) is 26.5. The van der Waals surface area contributed by atoms with Gasteiger partial charge in [0.25, 0.3) is 0 Å². The van der Waals surface area contributed by atoms with Crippen LogP contribution in [0.3, 0.4) is 0 Å². The molecule has 0 spiro atoms. The number of ether oxygens (including phenoxy) is 2. The molecule has 204 valence electrons. The number of nitriles is 1. The second-order valence-corrected chi connectivity index (χ2v) is 9.77. The van der Waals surface area contributed by atoms with Crippen LogP contribution in [0, 0.1) is 23.7 Å². The van der Waals surface area contributed by atoms with Gasteiger partial charge in [-0.05, 0) is 74.7 Å². The van der Waals surface area contributed by atoms with Crippen LogP contribution >= 0.6 is 12.4 Å². The normalized spacial score (nSPS) is 15.5. The molecule has 10 heteroatoms. The lowest BCUT2D eigenvalue weighted by Crippen LogP contribution is -2.43. The van der Waals surface area contributed by atoms with Gasteiger partial charge in [0.15, 0.2) is 0 Å². The molecule has 6 nitrogen and oxygen atoms in total. The van der Waals surface area contributed by atoms with Crippen molar-refractivity contribution in [3.63, 3.8) is 0 Å². The zero-order valence-corrected chi connectivity index (χ0v) is 22.3. The number of benzene rings is 2. The fourth-order valence-electron chi connectivity index (χ4n) is 5.10. The molecule has 1 saturated heterocycles. The van der Waals surface area contributed by atoms with E-state index >= 15 is 0 Å². The molecule has 0 atom stereocenters. The van der Waals surface area contributed by atoms with Crippen LogP contribution in [0.2, 0.25) is 0 Å². The lowest BCUT2D eigenvalue weighted by molar-refractivity contribution is -0.274. The minimum absolute atomic E-state index is 0. The summed E-state index contributed by atoms with van der Waals surface area (Å²) in [5.74, 6) is 0.743. The van der Waals surface area contributed by atoms with Crippen molar-refractivity contribution in [1.29, 1.82) is 5.26 Å². The molecule has 1 aliphatic heterocycles. The first-order valence-electron chi connectivity index (χ1n) is 12.2. The highest BCUT2D eigenvalue weighted by molar-refractivity contribution is 5.85. The smallest absolute Gasteiger partial charge is 0.406 e. The van der Waals surface area contributed by atoms with Gasteiger partial charge < -0.3 is 14.0 Å². The van der Waals surface area contributed by atoms with E-state index in [0.717, 1.165) is 55.1 Å². The lowest BCUT2D eigenvalue weighted by atomic mass is 9.74. The van der Waals surface area contributed by atoms with Crippen LogP contribution in [0.5, 0.6) is 5.75 Å². The number of hydrogen-bond acceptors (Lipinski definition) is 5. The molecule has 2 aromatic carbocycles. The van der Waals surface area contributed by atoms with E-state index < -0.39 is 6.36 Å². The largest absolute Gasteiger partial charge is 0.573 e. The van der Waals surface area contributed by atoms with Gasteiger partial charge in [-0.2, -0.15) is 5.26 Å². The molecule has 0 bridgehead atoms. The predicted molar refractivity (Wildman–Crippen MR) is 140 cm³/mol. The Morgan fingerprint density at radius 1 is 1.05 bits per heavy atom. The Balaban J connectivity index is 0.00000400. The number of aryl methyl sites for hydroxylation is 1. The van der Waals surface area contributed by atoms with E-state index in [9.17, 15) is 13.2 Å². The Hall–Kier alpha value is -3.06. The predicted octanol–water partition coefficient (Wildman–Crippen LogP) is 5.90. The van der Waals surface area contributed by atoms with Gasteiger partial charge in [-0.3, -0.25) is 4.90 Å². The molecule has 3 aromatic rings. The van der Waals surface area contributed by atoms with Gasteiger partial charge in [0.1, 0.15) is 11.6 Å². The van der Waals surface area contributed by atoms with Gasteiger partial charge in [-0.15, -0.1) is 25.6 Å². The quantitative estimate of drug-likeness (QED) is 0.333. The van der Waals surface area contributed by atoms with Crippen molar-refractivity contribution in [2.24, 2.45) is 5.41 Å². The van der Waals surface area contributed by atoms with Gasteiger partial charge >= 0.3 is 6.36 Å². The Labute approximate surface area is 227 Å². The fraction of sp³-hybridized carbons (Fsp3) is 0.429. The van der Waals surface area contributed by atoms with Gasteiger partial charge in [0, 0.05) is 31.8 Å². The maximum absolute atomic E-state index is 12.7. The highest BCUT2D eigenvalue weighted by atomic mass is 35.5. The molecule has 38 heavy (non-hydrogen) atoms. The summed E-state index contributed by atoms with van der Waals surface area (Å²) in [6.07, 6.45) is -0.428. The molecule has 0 aliphatic carbocycles. The third-order valence-corrected chi connectivity index (χ3v) is 7.03. The van der Waals surface area contributed by atoms with E-state index in [0.29, 0.717) is 25.1 Å². The van der Waals surface area contributed by atoms with E-state index in [1.54, 1.807) is 13.2 Å². The highest BCUT2D eigenvalue weighted by Crippen LogP contribution is 2.37. The second-order valence-electron chi connectivity index (χ2n) is 9.77. The van der Waals surface area contributed by atoms with Crippen molar-refractivity contribution < 1.29 is 22.6 Å². The Morgan fingerprint density at radius 3 is 2.39 bits per heavy atom. The Bertz CT molecular complexity index is 1230. The van der Waals surface area contributed by atoms with Crippen molar-refractivity contribution >= 4 is 12.4 Å². The number of halogens is 4. The van der Waals surface area contributed by atoms with Crippen molar-refractivity contribution in [3.05, 3.63) is 82.9 Å². The summed E-state index contributed by atoms with van der Waals surface area (Å²) in [5.41, 5.74) is 3.52. The minimum Gasteiger partial charge on any atom is -0.406 e. The number of rotatable bonds is 9. The monoisotopic (exact) mass is 548 g/mol. The van der Waals surface area contributed by atoms with Crippen LogP contribution in [0.4, 0.5) is 13.2 Å². The standard InChI is InChI=1S/C28H31F3N4O2.ClH/c1-21-33-17-25(35(21)18-23-8-6-22(16-32)7-9-23)19-34-12-10-27(11-13-34,20-36-2)15-24-4-3-5-26(14-24)37-28(29,30)31;/h3-9,14,17H,10-13,15,18-20H2,1-2H3;1H. The van der Waals surface area contributed by atoms with Crippen molar-refractivity contribution in [3.8, 4) is 11.8 Å². The summed E-state index contributed by atoms with van der Waals surface area (Å²) >= 11 is 0. The summed E-state index contributed by atoms with van der Waals surface area (Å²) < 4.78 is 49.9. The maximum atomic E-state index is 12.7. The molecule has 4 rings (SSSR count). The molecular formula is C28H32ClF3N4O2. The number of nitrogens with zero attached hydrogens (tertiary/aromatic N) is 4. The molecule has 0 saturated carbocycles. The fourth-order valence-corrected chi connectivity index (χ4v) is 5.10. The SMILES string of the molecule is COCC1(Cc2cccc(OC(F)(F)F)c2)CCN(Cc2cnc(C)n2Cc2ccc(C#N)cc2)CC1.Cl. The average Bonchev–Trinajstić information content (AvgIpc) is 3.19. The minimum atomic E-state index is -4.71. The molecule has 1 aromatic heterocycles. The first-order valence-corrected chi connectivity index (χ1v) is 12.2. The van der Waals surface area contributed by atoms with Gasteiger partial charge in [-0.1, -0.05) is 24.3 Å². The van der Waals surface area contributed by atoms with Crippen molar-refractivity contribution in [2.75, 3.05) is 26.8 Å². The van der Waals surface area contributed by atoms with Crippen molar-refractivity contribution in [1.82, 2.24) is 14.5 Å². The van der Waals surface area contributed by atoms with E-state index in [-0.39, 0.29) is 23.6 Å². The molecular weight excluding hydrogens is 517 g/mol. The number of hydrogen-bond donors (Lipinski definition) is 0. The average molecular weight is 549 g/mol. The zero-order valence-electron chi connectivity index (χ0n) is 21.5. The summed E-state index contributed by atoms with van der Waals surface area (Å²) in [5, 5.41) is 9.04. The number of methoxy groups -OCH3 is 1. The third-order valence-electron chi connectivity index (χ3n) is 7.03. The maximum Gasteiger partial charge on any atom is 0.573 e. The lowest BCUT2D eigenvalue weighted by Gasteiger charge is -2.41. The molecule has 1 fully saturated rings. The number of likely N-dealkylation sites (tertiary alicyclic amines) is 1. The summed E-state index contributed by atoms with van der Waals surface area (Å²) in [4.78, 5) is 6.92. The Morgan fingerprint density at radius 2 is 1.76 bits per heavy atom. The number of aromatic nitrogens is 2. The summed E-state index contributed by atoms with van der Waals surface area (Å²) in [6, 6.07) is 16.0. The second kappa shape index (κ2) is 12.7. The Kier molecular flexibility index (Phi) is 9.82. The van der Waals surface area contributed by atoms with E-state index in [4.69, 9.17) is 10.00 Å². The summed E-state index contributed by atoms with van der Waals surface area (Å²) in [6.45, 7) is 5.68. The first-order chi connectivity index (χ1) is 17.7. The number of imidazole rings is 1. The summed E-state index contributed by atoms with van der Waals surface area (Å²) in [7, 11) is 1.67. The molecule has 1 aliphatic rings. The van der Waals surface area contributed by atoms with Crippen LogP contribution < -0.4 is 4.74 Å². The van der Waals surface area contributed by atoms with Crippen LogP contribution in [0.15, 0.2) is 54.7 Å².